The topological polar surface area (TPSA) is 80.7 Å². The van der Waals surface area contributed by atoms with Gasteiger partial charge >= 0.3 is 19.9 Å². The molecule has 5 nitrogen and oxygen atoms in total. The van der Waals surface area contributed by atoms with Crippen LogP contribution in [0.4, 0.5) is 8.39 Å². The van der Waals surface area contributed by atoms with Crippen LogP contribution in [-0.4, -0.2) is 17.0 Å². The molecular formula is C2HF2O5P. The van der Waals surface area contributed by atoms with Gasteiger partial charge in [-0.3, -0.25) is 0 Å². The van der Waals surface area contributed by atoms with Crippen molar-refractivity contribution < 1.29 is 32.2 Å². The number of carboxylic acid groups (broad SMARTS) is 1. The lowest BCUT2D eigenvalue weighted by atomic mass is 10.7. The molecule has 58 valence electrons. The van der Waals surface area contributed by atoms with Gasteiger partial charge in [-0.2, -0.15) is 0 Å². The number of carbonyl (C=O) groups excluding carboxylic acids is 1. The van der Waals surface area contributed by atoms with Crippen molar-refractivity contribution >= 4 is 19.9 Å². The van der Waals surface area contributed by atoms with Crippen LogP contribution in [-0.2, 0) is 18.7 Å². The molecule has 8 heteroatoms. The quantitative estimate of drug-likeness (QED) is 0.466. The SMILES string of the molecule is O=C(O)C(=O)OP(=O)(F)F. The van der Waals surface area contributed by atoms with E-state index in [4.69, 9.17) is 5.11 Å². The van der Waals surface area contributed by atoms with Crippen LogP contribution < -0.4 is 0 Å². The van der Waals surface area contributed by atoms with E-state index in [1.165, 1.54) is 0 Å². The van der Waals surface area contributed by atoms with Gasteiger partial charge in [-0.1, -0.05) is 0 Å². The Morgan fingerprint density at radius 3 is 1.90 bits per heavy atom. The molecule has 0 amide bonds. The average Bonchev–Trinajstić information content (AvgIpc) is 1.60. The lowest BCUT2D eigenvalue weighted by Crippen LogP contribution is -2.13. The van der Waals surface area contributed by atoms with E-state index < -0.39 is 19.9 Å². The van der Waals surface area contributed by atoms with Gasteiger partial charge < -0.3 is 9.63 Å². The van der Waals surface area contributed by atoms with Gasteiger partial charge in [0.1, 0.15) is 0 Å². The van der Waals surface area contributed by atoms with Gasteiger partial charge in [-0.15, -0.1) is 8.39 Å². The van der Waals surface area contributed by atoms with Crippen LogP contribution in [0.1, 0.15) is 0 Å². The number of aliphatic carboxylic acids is 1. The van der Waals surface area contributed by atoms with Crippen molar-refractivity contribution in [3.05, 3.63) is 0 Å². The van der Waals surface area contributed by atoms with Gasteiger partial charge in [0.2, 0.25) is 0 Å². The predicted molar refractivity (Wildman–Crippen MR) is 23.6 cm³/mol. The summed E-state index contributed by atoms with van der Waals surface area (Å²) in [6, 6.07) is 0. The molecule has 0 aliphatic rings. The molecule has 0 aromatic carbocycles. The number of carbonyl (C=O) groups is 2. The summed E-state index contributed by atoms with van der Waals surface area (Å²) in [7, 11) is -6.01. The molecule has 0 aromatic heterocycles. The molecule has 0 atom stereocenters. The fourth-order valence-corrected chi connectivity index (χ4v) is 0.407. The van der Waals surface area contributed by atoms with Gasteiger partial charge in [0, 0.05) is 0 Å². The first-order chi connectivity index (χ1) is 4.33. The molecule has 10 heavy (non-hydrogen) atoms. The van der Waals surface area contributed by atoms with E-state index in [1.807, 2.05) is 0 Å². The zero-order valence-corrected chi connectivity index (χ0v) is 5.18. The van der Waals surface area contributed by atoms with Crippen LogP contribution in [0.25, 0.3) is 0 Å². The highest BCUT2D eigenvalue weighted by Crippen LogP contribution is 2.50. The molecule has 0 aliphatic carbocycles. The van der Waals surface area contributed by atoms with Crippen molar-refractivity contribution in [1.82, 2.24) is 0 Å². The van der Waals surface area contributed by atoms with Crippen LogP contribution >= 0.6 is 7.99 Å². The normalized spacial score (nSPS) is 10.6. The number of carboxylic acids is 1. The van der Waals surface area contributed by atoms with Crippen molar-refractivity contribution in [2.45, 2.75) is 0 Å². The van der Waals surface area contributed by atoms with E-state index in [0.29, 0.717) is 0 Å². The van der Waals surface area contributed by atoms with E-state index in [-0.39, 0.29) is 0 Å². The highest BCUT2D eigenvalue weighted by Gasteiger charge is 2.29. The predicted octanol–water partition coefficient (Wildman–Crippen LogP) is 0.661. The van der Waals surface area contributed by atoms with E-state index in [0.717, 1.165) is 0 Å². The van der Waals surface area contributed by atoms with Crippen molar-refractivity contribution in [2.24, 2.45) is 0 Å². The lowest BCUT2D eigenvalue weighted by molar-refractivity contribution is -0.158. The Morgan fingerprint density at radius 2 is 1.80 bits per heavy atom. The van der Waals surface area contributed by atoms with Crippen LogP contribution in [0.5, 0.6) is 0 Å². The fourth-order valence-electron chi connectivity index (χ4n) is 0.136. The molecule has 0 fully saturated rings. The zero-order chi connectivity index (χ0) is 8.36. The Morgan fingerprint density at radius 1 is 1.40 bits per heavy atom. The number of halogens is 2. The molecule has 0 saturated heterocycles. The molecule has 1 N–H and O–H groups in total. The van der Waals surface area contributed by atoms with Crippen LogP contribution in [0.3, 0.4) is 0 Å². The van der Waals surface area contributed by atoms with Crippen LogP contribution in [0, 0.1) is 0 Å². The number of hydrogen-bond acceptors (Lipinski definition) is 4. The molecule has 0 saturated carbocycles. The molecule has 0 radical (unpaired) electrons. The molecule has 0 heterocycles. The highest BCUT2D eigenvalue weighted by molar-refractivity contribution is 7.48. The van der Waals surface area contributed by atoms with Gasteiger partial charge in [0.15, 0.2) is 0 Å². The van der Waals surface area contributed by atoms with E-state index in [1.54, 1.807) is 0 Å². The smallest absolute Gasteiger partial charge is 0.473 e. The summed E-state index contributed by atoms with van der Waals surface area (Å²) in [5, 5.41) is 7.62. The highest BCUT2D eigenvalue weighted by atomic mass is 31.2. The summed E-state index contributed by atoms with van der Waals surface area (Å²) < 4.78 is 34.3. The van der Waals surface area contributed by atoms with Crippen LogP contribution in [0.2, 0.25) is 0 Å². The Hall–Kier alpha value is -0.970. The minimum absolute atomic E-state index is 2.21. The number of rotatable bonds is 1. The van der Waals surface area contributed by atoms with Crippen molar-refractivity contribution in [3.8, 4) is 0 Å². The van der Waals surface area contributed by atoms with E-state index >= 15 is 0 Å². The largest absolute Gasteiger partial charge is 0.612 e. The second-order valence-electron chi connectivity index (χ2n) is 1.10. The van der Waals surface area contributed by atoms with E-state index in [2.05, 4.69) is 4.52 Å². The minimum atomic E-state index is -6.01. The first kappa shape index (κ1) is 9.03. The van der Waals surface area contributed by atoms with E-state index in [9.17, 15) is 22.5 Å². The Bertz CT molecular complexity index is 206. The van der Waals surface area contributed by atoms with Crippen molar-refractivity contribution in [2.75, 3.05) is 0 Å². The Balaban J connectivity index is 4.07. The third-order valence-electron chi connectivity index (χ3n) is 0.364. The standard InChI is InChI=1S/C2HF2O5P/c3-10(4,8)9-2(7)1(5)6/h(H,5,6). The molecule has 0 aliphatic heterocycles. The van der Waals surface area contributed by atoms with Gasteiger partial charge in [-0.05, 0) is 0 Å². The second kappa shape index (κ2) is 2.74. The average molecular weight is 174 g/mol. The molecule has 0 rings (SSSR count). The zero-order valence-electron chi connectivity index (χ0n) is 4.28. The third-order valence-corrected chi connectivity index (χ3v) is 0.742. The molecule has 0 unspecified atom stereocenters. The molecule has 0 aromatic rings. The Kier molecular flexibility index (Phi) is 2.48. The van der Waals surface area contributed by atoms with Crippen molar-refractivity contribution in [3.63, 3.8) is 0 Å². The summed E-state index contributed by atoms with van der Waals surface area (Å²) in [6.45, 7) is 0. The van der Waals surface area contributed by atoms with Gasteiger partial charge in [-0.25, -0.2) is 14.2 Å². The maximum absolute atomic E-state index is 11.2. The maximum Gasteiger partial charge on any atom is 0.612 e. The lowest BCUT2D eigenvalue weighted by Gasteiger charge is -1.94. The summed E-state index contributed by atoms with van der Waals surface area (Å²) in [4.78, 5) is 19.1. The monoisotopic (exact) mass is 174 g/mol. The summed E-state index contributed by atoms with van der Waals surface area (Å²) >= 11 is 0. The van der Waals surface area contributed by atoms with Gasteiger partial charge in [0.25, 0.3) is 0 Å². The number of hydrogen-bond donors (Lipinski definition) is 1. The van der Waals surface area contributed by atoms with Gasteiger partial charge in [0.05, 0.1) is 0 Å². The minimum Gasteiger partial charge on any atom is -0.473 e. The summed E-state index contributed by atoms with van der Waals surface area (Å²) in [6.07, 6.45) is 0. The van der Waals surface area contributed by atoms with Crippen LogP contribution in [0.15, 0.2) is 0 Å². The summed E-state index contributed by atoms with van der Waals surface area (Å²) in [5.41, 5.74) is 0. The second-order valence-corrected chi connectivity index (χ2v) is 2.11. The summed E-state index contributed by atoms with van der Waals surface area (Å²) in [5.74, 6) is -4.44. The third kappa shape index (κ3) is 3.96. The molecule has 0 spiro atoms. The first-order valence-corrected chi connectivity index (χ1v) is 3.20. The fraction of sp³-hybridized carbons (Fsp3) is 0. The Labute approximate surface area is 53.3 Å². The van der Waals surface area contributed by atoms with Crippen molar-refractivity contribution in [1.29, 1.82) is 0 Å². The molecule has 0 bridgehead atoms. The first-order valence-electron chi connectivity index (χ1n) is 1.79. The maximum atomic E-state index is 11.2. The molecular weight excluding hydrogens is 173 g/mol.